The summed E-state index contributed by atoms with van der Waals surface area (Å²) in [5, 5.41) is 25.3. The highest BCUT2D eigenvalue weighted by atomic mass is 16.5. The number of esters is 1. The van der Waals surface area contributed by atoms with E-state index in [1.807, 2.05) is 45.0 Å². The fourth-order valence-electron chi connectivity index (χ4n) is 9.26. The number of nitrogens with one attached hydrogen (secondary N) is 10. The molecule has 1 aromatic carbocycles. The van der Waals surface area contributed by atoms with E-state index in [1.165, 1.54) is 67.4 Å². The molecule has 23 nitrogen and oxygen atoms in total. The van der Waals surface area contributed by atoms with E-state index in [4.69, 9.17) is 4.74 Å². The molecule has 1 aliphatic heterocycles. The molecule has 3 rings (SSSR count). The van der Waals surface area contributed by atoms with Crippen LogP contribution in [0.25, 0.3) is 10.9 Å². The number of hydrogen-bond acceptors (Lipinski definition) is 12. The van der Waals surface area contributed by atoms with Gasteiger partial charge >= 0.3 is 5.97 Å². The van der Waals surface area contributed by atoms with Crippen molar-refractivity contribution >= 4 is 75.9 Å². The molecule has 2 aromatic rings. The standard InChI is InChI=1S/C57H91N11O12/c1-18-32(7)43(63-46(71)40(60-35(10)69)28-36-29-58-38-24-21-20-23-37(36)38)48(73)59-34(9)45(70)65-56(13,14)53(78)64-44(33(8)19-2)49(74)62-42(31(5)6)50(75)67-55(11,12)52(77)61-39(27-30(3)4)47(72)66-57(15,16)54(79)68-26-22-25-41(68)51(76)80-17/h20-21,23-24,29-34,39-44,58H,18-19,22,25-28H2,1-17H3,(H,59,73)(H,60,69)(H,61,77)(H,62,74)(H,63,71)(H,64,78)(H,65,70)(H,66,72)(H,67,75). The predicted octanol–water partition coefficient (Wildman–Crippen LogP) is 2.30. The highest BCUT2D eigenvalue weighted by Crippen LogP contribution is 2.24. The molecular weight excluding hydrogens is 1030 g/mol. The smallest absolute Gasteiger partial charge is 0.328 e. The van der Waals surface area contributed by atoms with E-state index in [2.05, 4.69) is 52.8 Å². The van der Waals surface area contributed by atoms with Gasteiger partial charge in [0.15, 0.2) is 0 Å². The normalized spacial score (nSPS) is 16.8. The van der Waals surface area contributed by atoms with Crippen LogP contribution >= 0.6 is 0 Å². The number of likely N-dealkylation sites (tertiary alicyclic amines) is 1. The molecule has 0 bridgehead atoms. The van der Waals surface area contributed by atoms with Gasteiger partial charge in [0.25, 0.3) is 0 Å². The number of amides is 10. The summed E-state index contributed by atoms with van der Waals surface area (Å²) in [6.45, 7) is 25.9. The van der Waals surface area contributed by atoms with E-state index >= 15 is 0 Å². The minimum Gasteiger partial charge on any atom is -0.467 e. The lowest BCUT2D eigenvalue weighted by Gasteiger charge is -2.35. The van der Waals surface area contributed by atoms with Gasteiger partial charge in [0.05, 0.1) is 7.11 Å². The number of carbonyl (C=O) groups excluding carboxylic acids is 11. The van der Waals surface area contributed by atoms with Crippen molar-refractivity contribution in [2.75, 3.05) is 13.7 Å². The average Bonchev–Trinajstić information content (AvgIpc) is 4.04. The van der Waals surface area contributed by atoms with Gasteiger partial charge in [-0.3, -0.25) is 47.9 Å². The number of rotatable bonds is 28. The molecule has 1 fully saturated rings. The van der Waals surface area contributed by atoms with E-state index in [-0.39, 0.29) is 18.8 Å². The SMILES string of the molecule is CCC(C)C(NC(=O)C(Cc1c[nH]c2ccccc12)NC(C)=O)C(=O)NC(C)C(=O)NC(C)(C)C(=O)NC(C(=O)NC(C(=O)NC(C)(C)C(=O)NC(CC(C)C)C(=O)NC(C)(C)C(=O)N1CCCC1C(=O)OC)C(C)C)C(C)CC. The second-order valence-corrected chi connectivity index (χ2v) is 23.7. The second kappa shape index (κ2) is 28.9. The van der Waals surface area contributed by atoms with Crippen LogP contribution in [0.2, 0.25) is 0 Å². The average molecular weight is 1120 g/mol. The van der Waals surface area contributed by atoms with Gasteiger partial charge in [-0.05, 0) is 103 Å². The highest BCUT2D eigenvalue weighted by molar-refractivity contribution is 6.01. The Morgan fingerprint density at radius 1 is 0.625 bits per heavy atom. The van der Waals surface area contributed by atoms with Crippen LogP contribution in [0, 0.1) is 23.7 Å². The maximum atomic E-state index is 14.2. The minimum atomic E-state index is -1.66. The van der Waals surface area contributed by atoms with Gasteiger partial charge in [-0.2, -0.15) is 0 Å². The Morgan fingerprint density at radius 3 is 1.70 bits per heavy atom. The van der Waals surface area contributed by atoms with Crippen LogP contribution in [0.1, 0.15) is 148 Å². The molecule has 9 unspecified atom stereocenters. The van der Waals surface area contributed by atoms with Gasteiger partial charge < -0.3 is 62.5 Å². The molecule has 9 atom stereocenters. The number of nitrogens with zero attached hydrogens (tertiary/aromatic N) is 1. The van der Waals surface area contributed by atoms with Crippen LogP contribution < -0.4 is 47.9 Å². The topological polar surface area (TPSA) is 324 Å². The van der Waals surface area contributed by atoms with Gasteiger partial charge in [-0.25, -0.2) is 4.79 Å². The highest BCUT2D eigenvalue weighted by Gasteiger charge is 2.44. The van der Waals surface area contributed by atoms with Crippen molar-refractivity contribution in [1.82, 2.24) is 57.7 Å². The van der Waals surface area contributed by atoms with Crippen LogP contribution in [-0.2, 0) is 63.9 Å². The first kappa shape index (κ1) is 67.2. The number of H-pyrrole nitrogens is 1. The van der Waals surface area contributed by atoms with Crippen molar-refractivity contribution in [1.29, 1.82) is 0 Å². The third kappa shape index (κ3) is 18.2. The molecule has 10 amide bonds. The Hall–Kier alpha value is -7.07. The quantitative estimate of drug-likeness (QED) is 0.0549. The van der Waals surface area contributed by atoms with Crippen molar-refractivity contribution in [3.63, 3.8) is 0 Å². The van der Waals surface area contributed by atoms with Crippen molar-refractivity contribution in [3.8, 4) is 0 Å². The van der Waals surface area contributed by atoms with E-state index < -0.39 is 142 Å². The lowest BCUT2D eigenvalue weighted by Crippen LogP contribution is -2.65. The number of hydrogen-bond donors (Lipinski definition) is 10. The number of fused-ring (bicyclic) bond motifs is 1. The number of para-hydroxylation sites is 1. The predicted molar refractivity (Wildman–Crippen MR) is 302 cm³/mol. The molecular formula is C57H91N11O12. The van der Waals surface area contributed by atoms with Crippen molar-refractivity contribution in [2.24, 2.45) is 23.7 Å². The second-order valence-electron chi connectivity index (χ2n) is 23.7. The Kier molecular flexibility index (Phi) is 24.3. The summed E-state index contributed by atoms with van der Waals surface area (Å²) in [6, 6.07) is -0.221. The number of benzene rings is 1. The molecule has 80 heavy (non-hydrogen) atoms. The van der Waals surface area contributed by atoms with Crippen molar-refractivity contribution < 1.29 is 57.5 Å². The summed E-state index contributed by atoms with van der Waals surface area (Å²) in [4.78, 5) is 154. The summed E-state index contributed by atoms with van der Waals surface area (Å²) < 4.78 is 4.89. The zero-order chi connectivity index (χ0) is 60.8. The van der Waals surface area contributed by atoms with E-state index in [0.717, 1.165) is 16.5 Å². The maximum Gasteiger partial charge on any atom is 0.328 e. The molecule has 10 N–H and O–H groups in total. The molecule has 0 spiro atoms. The third-order valence-corrected chi connectivity index (χ3v) is 14.7. The van der Waals surface area contributed by atoms with Gasteiger partial charge in [0.2, 0.25) is 59.1 Å². The minimum absolute atomic E-state index is 0.0986. The van der Waals surface area contributed by atoms with E-state index in [1.54, 1.807) is 40.8 Å². The van der Waals surface area contributed by atoms with Crippen LogP contribution in [0.4, 0.5) is 0 Å². The van der Waals surface area contributed by atoms with E-state index in [0.29, 0.717) is 32.2 Å². The summed E-state index contributed by atoms with van der Waals surface area (Å²) >= 11 is 0. The molecule has 23 heteroatoms. The number of carbonyl (C=O) groups is 11. The Balaban J connectivity index is 1.70. The first-order valence-electron chi connectivity index (χ1n) is 27.8. The molecule has 446 valence electrons. The van der Waals surface area contributed by atoms with Gasteiger partial charge in [0.1, 0.15) is 58.9 Å². The van der Waals surface area contributed by atoms with Gasteiger partial charge in [-0.15, -0.1) is 0 Å². The summed E-state index contributed by atoms with van der Waals surface area (Å²) in [5.41, 5.74) is -3.15. The molecule has 0 radical (unpaired) electrons. The van der Waals surface area contributed by atoms with Crippen LogP contribution in [0.3, 0.4) is 0 Å². The third-order valence-electron chi connectivity index (χ3n) is 14.7. The number of aromatic nitrogens is 1. The number of aromatic amines is 1. The lowest BCUT2D eigenvalue weighted by molar-refractivity contribution is -0.153. The molecule has 2 heterocycles. The molecule has 1 saturated heterocycles. The Bertz CT molecular complexity index is 2570. The zero-order valence-electron chi connectivity index (χ0n) is 50.0. The maximum absolute atomic E-state index is 14.2. The number of methoxy groups -OCH3 is 1. The van der Waals surface area contributed by atoms with Gasteiger partial charge in [0, 0.05) is 37.0 Å². The molecule has 0 aliphatic carbocycles. The first-order valence-corrected chi connectivity index (χ1v) is 27.8. The summed E-state index contributed by atoms with van der Waals surface area (Å²) in [7, 11) is 1.24. The molecule has 0 saturated carbocycles. The largest absolute Gasteiger partial charge is 0.467 e. The molecule has 1 aromatic heterocycles. The zero-order valence-corrected chi connectivity index (χ0v) is 50.0. The van der Waals surface area contributed by atoms with Crippen molar-refractivity contribution in [3.05, 3.63) is 36.0 Å². The van der Waals surface area contributed by atoms with Gasteiger partial charge in [-0.1, -0.05) is 86.4 Å². The number of ether oxygens (including phenoxy) is 1. The van der Waals surface area contributed by atoms with Crippen LogP contribution in [0.15, 0.2) is 30.5 Å². The fourth-order valence-corrected chi connectivity index (χ4v) is 9.26. The van der Waals surface area contributed by atoms with E-state index in [9.17, 15) is 52.7 Å². The van der Waals surface area contributed by atoms with Crippen molar-refractivity contribution in [2.45, 2.75) is 208 Å². The lowest BCUT2D eigenvalue weighted by atomic mass is 9.94. The summed E-state index contributed by atoms with van der Waals surface area (Å²) in [6.07, 6.45) is 3.93. The fraction of sp³-hybridized carbons (Fsp3) is 0.667. The first-order chi connectivity index (χ1) is 37.1. The Labute approximate surface area is 471 Å². The van der Waals surface area contributed by atoms with Crippen LogP contribution in [0.5, 0.6) is 0 Å². The summed E-state index contributed by atoms with van der Waals surface area (Å²) in [5.74, 6) is -8.65. The monoisotopic (exact) mass is 1120 g/mol. The van der Waals surface area contributed by atoms with Crippen LogP contribution in [-0.4, -0.2) is 147 Å². The Morgan fingerprint density at radius 2 is 1.15 bits per heavy atom. The molecule has 1 aliphatic rings.